The maximum atomic E-state index is 13.6. The third kappa shape index (κ3) is 5.60. The second-order valence-electron chi connectivity index (χ2n) is 7.80. The van der Waals surface area contributed by atoms with E-state index in [9.17, 15) is 14.0 Å². The quantitative estimate of drug-likeness (QED) is 0.499. The van der Waals surface area contributed by atoms with Gasteiger partial charge < -0.3 is 10.2 Å². The van der Waals surface area contributed by atoms with E-state index in [4.69, 9.17) is 0 Å². The Hall–Kier alpha value is -2.51. The van der Waals surface area contributed by atoms with Crippen molar-refractivity contribution in [3.63, 3.8) is 0 Å². The predicted molar refractivity (Wildman–Crippen MR) is 122 cm³/mol. The van der Waals surface area contributed by atoms with Crippen molar-refractivity contribution in [3.05, 3.63) is 80.4 Å². The summed E-state index contributed by atoms with van der Waals surface area (Å²) in [6, 6.07) is 13.0. The van der Waals surface area contributed by atoms with Gasteiger partial charge >= 0.3 is 0 Å². The number of hydrogen-bond donors (Lipinski definition) is 1. The van der Waals surface area contributed by atoms with E-state index in [1.54, 1.807) is 28.4 Å². The fourth-order valence-electron chi connectivity index (χ4n) is 4.03. The van der Waals surface area contributed by atoms with E-state index in [1.807, 2.05) is 35.0 Å². The lowest BCUT2D eigenvalue weighted by molar-refractivity contribution is -0.141. The third-order valence-corrected chi connectivity index (χ3v) is 7.32. The predicted octanol–water partition coefficient (Wildman–Crippen LogP) is 5.32. The molecule has 1 fully saturated rings. The van der Waals surface area contributed by atoms with Crippen LogP contribution in [0.1, 0.15) is 47.0 Å². The first-order valence-corrected chi connectivity index (χ1v) is 12.3. The van der Waals surface area contributed by atoms with Crippen LogP contribution in [-0.4, -0.2) is 22.8 Å². The summed E-state index contributed by atoms with van der Waals surface area (Å²) in [7, 11) is 0. The fraction of sp³-hybridized carbons (Fsp3) is 0.333. The lowest BCUT2D eigenvalue weighted by atomic mass is 10.0. The van der Waals surface area contributed by atoms with Gasteiger partial charge in [-0.15, -0.1) is 22.7 Å². The third-order valence-electron chi connectivity index (χ3n) is 5.58. The molecule has 1 saturated carbocycles. The Kier molecular flexibility index (Phi) is 7.14. The van der Waals surface area contributed by atoms with Gasteiger partial charge in [-0.1, -0.05) is 37.1 Å². The average Bonchev–Trinajstić information content (AvgIpc) is 3.53. The second kappa shape index (κ2) is 10.2. The summed E-state index contributed by atoms with van der Waals surface area (Å²) in [4.78, 5) is 30.5. The second-order valence-corrected chi connectivity index (χ2v) is 9.87. The molecule has 2 aromatic heterocycles. The van der Waals surface area contributed by atoms with Crippen LogP contribution in [0.5, 0.6) is 0 Å². The van der Waals surface area contributed by atoms with Crippen molar-refractivity contribution >= 4 is 34.5 Å². The number of hydrogen-bond acceptors (Lipinski definition) is 4. The summed E-state index contributed by atoms with van der Waals surface area (Å²) in [6.45, 7) is 0.335. The molecule has 4 nitrogen and oxygen atoms in total. The van der Waals surface area contributed by atoms with Crippen LogP contribution >= 0.6 is 22.7 Å². The number of carbonyl (C=O) groups excluding carboxylic acids is 2. The van der Waals surface area contributed by atoms with Gasteiger partial charge in [0.25, 0.3) is 0 Å². The highest BCUT2D eigenvalue weighted by Gasteiger charge is 2.33. The van der Waals surface area contributed by atoms with Gasteiger partial charge in [-0.25, -0.2) is 4.39 Å². The minimum atomic E-state index is -0.809. The van der Waals surface area contributed by atoms with Crippen molar-refractivity contribution in [2.75, 3.05) is 0 Å². The Morgan fingerprint density at radius 1 is 1.00 bits per heavy atom. The summed E-state index contributed by atoms with van der Waals surface area (Å²) in [5.74, 6) is -0.685. The number of carbonyl (C=O) groups is 2. The Balaban J connectivity index is 1.67. The Morgan fingerprint density at radius 3 is 2.26 bits per heavy atom. The SMILES string of the molecule is O=C(NC1CCCC1)C(c1ccc(F)cc1)N(Cc1cccs1)C(=O)Cc1cccs1. The lowest BCUT2D eigenvalue weighted by Gasteiger charge is -2.32. The highest BCUT2D eigenvalue weighted by molar-refractivity contribution is 7.10. The molecule has 0 saturated heterocycles. The summed E-state index contributed by atoms with van der Waals surface area (Å²) in [6.07, 6.45) is 4.34. The van der Waals surface area contributed by atoms with E-state index in [-0.39, 0.29) is 30.1 Å². The van der Waals surface area contributed by atoms with Crippen molar-refractivity contribution in [2.45, 2.75) is 50.7 Å². The molecule has 162 valence electrons. The molecule has 1 unspecified atom stereocenters. The minimum Gasteiger partial charge on any atom is -0.351 e. The van der Waals surface area contributed by atoms with Crippen molar-refractivity contribution in [1.29, 1.82) is 0 Å². The van der Waals surface area contributed by atoms with Crippen LogP contribution in [0.4, 0.5) is 4.39 Å². The molecule has 0 spiro atoms. The van der Waals surface area contributed by atoms with Gasteiger partial charge in [-0.3, -0.25) is 9.59 Å². The monoisotopic (exact) mass is 456 g/mol. The van der Waals surface area contributed by atoms with E-state index in [0.717, 1.165) is 35.4 Å². The van der Waals surface area contributed by atoms with Crippen molar-refractivity contribution in [1.82, 2.24) is 10.2 Å². The van der Waals surface area contributed by atoms with Crippen molar-refractivity contribution < 1.29 is 14.0 Å². The molecule has 0 radical (unpaired) electrons. The normalized spacial score (nSPS) is 15.0. The first-order valence-electron chi connectivity index (χ1n) is 10.5. The largest absolute Gasteiger partial charge is 0.351 e. The summed E-state index contributed by atoms with van der Waals surface area (Å²) in [5, 5.41) is 7.05. The molecule has 1 aromatic carbocycles. The van der Waals surface area contributed by atoms with Crippen LogP contribution in [-0.2, 0) is 22.6 Å². The molecule has 3 aromatic rings. The Morgan fingerprint density at radius 2 is 1.65 bits per heavy atom. The molecule has 7 heteroatoms. The van der Waals surface area contributed by atoms with E-state index in [2.05, 4.69) is 5.32 Å². The molecular weight excluding hydrogens is 431 g/mol. The number of halogens is 1. The molecule has 1 aliphatic rings. The van der Waals surface area contributed by atoms with Crippen molar-refractivity contribution in [3.8, 4) is 0 Å². The van der Waals surface area contributed by atoms with Gasteiger partial charge in [-0.05, 0) is 53.4 Å². The minimum absolute atomic E-state index is 0.119. The highest BCUT2D eigenvalue weighted by Crippen LogP contribution is 2.28. The van der Waals surface area contributed by atoms with E-state index < -0.39 is 6.04 Å². The summed E-state index contributed by atoms with van der Waals surface area (Å²) < 4.78 is 13.6. The fourth-order valence-corrected chi connectivity index (χ4v) is 5.42. The molecule has 2 heterocycles. The standard InChI is InChI=1S/C24H25FN2O2S2/c25-18-11-9-17(10-12-18)23(24(29)26-19-5-1-2-6-19)27(16-21-8-4-14-31-21)22(28)15-20-7-3-13-30-20/h3-4,7-14,19,23H,1-2,5-6,15-16H2,(H,26,29). The number of benzene rings is 1. The average molecular weight is 457 g/mol. The first-order chi connectivity index (χ1) is 15.1. The van der Waals surface area contributed by atoms with Crippen LogP contribution in [0.2, 0.25) is 0 Å². The molecule has 0 bridgehead atoms. The maximum absolute atomic E-state index is 13.6. The number of thiophene rings is 2. The molecule has 1 aliphatic carbocycles. The smallest absolute Gasteiger partial charge is 0.247 e. The molecule has 2 amide bonds. The van der Waals surface area contributed by atoms with E-state index >= 15 is 0 Å². The van der Waals surface area contributed by atoms with Gasteiger partial charge in [0.15, 0.2) is 0 Å². The van der Waals surface area contributed by atoms with Gasteiger partial charge in [0.05, 0.1) is 13.0 Å². The van der Waals surface area contributed by atoms with Crippen LogP contribution < -0.4 is 5.32 Å². The van der Waals surface area contributed by atoms with Crippen LogP contribution in [0.3, 0.4) is 0 Å². The zero-order valence-corrected chi connectivity index (χ0v) is 18.8. The summed E-state index contributed by atoms with van der Waals surface area (Å²) in [5.41, 5.74) is 0.619. The molecule has 31 heavy (non-hydrogen) atoms. The van der Waals surface area contributed by atoms with E-state index in [1.165, 1.54) is 23.5 Å². The Labute approximate surface area is 189 Å². The molecular formula is C24H25FN2O2S2. The zero-order valence-electron chi connectivity index (χ0n) is 17.1. The van der Waals surface area contributed by atoms with Crippen molar-refractivity contribution in [2.24, 2.45) is 0 Å². The van der Waals surface area contributed by atoms with E-state index in [0.29, 0.717) is 12.1 Å². The topological polar surface area (TPSA) is 49.4 Å². The van der Waals surface area contributed by atoms with Gasteiger partial charge in [0, 0.05) is 15.8 Å². The lowest BCUT2D eigenvalue weighted by Crippen LogP contribution is -2.46. The number of nitrogens with one attached hydrogen (secondary N) is 1. The van der Waals surface area contributed by atoms with Crippen LogP contribution in [0.15, 0.2) is 59.3 Å². The summed E-state index contributed by atoms with van der Waals surface area (Å²) >= 11 is 3.08. The van der Waals surface area contributed by atoms with Crippen LogP contribution in [0, 0.1) is 5.82 Å². The highest BCUT2D eigenvalue weighted by atomic mass is 32.1. The molecule has 4 rings (SSSR count). The first kappa shape index (κ1) is 21.7. The maximum Gasteiger partial charge on any atom is 0.247 e. The zero-order chi connectivity index (χ0) is 21.6. The Bertz CT molecular complexity index is 981. The molecule has 1 N–H and O–H groups in total. The molecule has 0 aliphatic heterocycles. The number of rotatable bonds is 8. The van der Waals surface area contributed by atoms with Crippen LogP contribution in [0.25, 0.3) is 0 Å². The van der Waals surface area contributed by atoms with Gasteiger partial charge in [-0.2, -0.15) is 0 Å². The molecule has 1 atom stereocenters. The number of nitrogens with zero attached hydrogens (tertiary/aromatic N) is 1. The van der Waals surface area contributed by atoms with Gasteiger partial charge in [0.2, 0.25) is 11.8 Å². The number of amides is 2. The van der Waals surface area contributed by atoms with Gasteiger partial charge in [0.1, 0.15) is 11.9 Å².